The molecule has 96 valence electrons. The molecule has 0 saturated heterocycles. The molecule has 1 unspecified atom stereocenters. The van der Waals surface area contributed by atoms with Crippen molar-refractivity contribution in [2.45, 2.75) is 12.6 Å². The maximum absolute atomic E-state index is 5.72. The van der Waals surface area contributed by atoms with Crippen LogP contribution in [0.3, 0.4) is 0 Å². The summed E-state index contributed by atoms with van der Waals surface area (Å²) in [5, 5.41) is 2.12. The van der Waals surface area contributed by atoms with Crippen LogP contribution >= 0.6 is 27.3 Å². The van der Waals surface area contributed by atoms with Crippen molar-refractivity contribution in [2.75, 3.05) is 14.1 Å². The predicted molar refractivity (Wildman–Crippen MR) is 81.9 cm³/mol. The fourth-order valence-corrected chi connectivity index (χ4v) is 3.74. The van der Waals surface area contributed by atoms with Crippen LogP contribution < -0.4 is 5.73 Å². The summed E-state index contributed by atoms with van der Waals surface area (Å²) in [6, 6.07) is 11.0. The zero-order valence-electron chi connectivity index (χ0n) is 10.6. The maximum Gasteiger partial charge on any atom is 0.0691 e. The lowest BCUT2D eigenvalue weighted by Crippen LogP contribution is -2.20. The Bertz CT molecular complexity index is 522. The van der Waals surface area contributed by atoms with E-state index in [0.717, 1.165) is 4.47 Å². The Labute approximate surface area is 121 Å². The molecule has 0 radical (unpaired) electrons. The molecule has 0 saturated carbocycles. The minimum absolute atomic E-state index is 0.285. The largest absolute Gasteiger partial charge is 0.326 e. The minimum Gasteiger partial charge on any atom is -0.326 e. The van der Waals surface area contributed by atoms with Gasteiger partial charge in [-0.05, 0) is 47.2 Å². The lowest BCUT2D eigenvalue weighted by Gasteiger charge is -2.24. The van der Waals surface area contributed by atoms with Crippen molar-refractivity contribution in [1.82, 2.24) is 4.90 Å². The van der Waals surface area contributed by atoms with Gasteiger partial charge in [-0.3, -0.25) is 4.90 Å². The van der Waals surface area contributed by atoms with E-state index in [9.17, 15) is 0 Å². The summed E-state index contributed by atoms with van der Waals surface area (Å²) < 4.78 is 1.14. The molecular weight excluding hydrogens is 308 g/mol. The zero-order chi connectivity index (χ0) is 13.1. The monoisotopic (exact) mass is 324 g/mol. The van der Waals surface area contributed by atoms with Crippen molar-refractivity contribution in [3.05, 3.63) is 56.2 Å². The van der Waals surface area contributed by atoms with E-state index in [2.05, 4.69) is 70.6 Å². The van der Waals surface area contributed by atoms with Crippen LogP contribution in [-0.4, -0.2) is 19.0 Å². The van der Waals surface area contributed by atoms with Crippen molar-refractivity contribution in [3.8, 4) is 0 Å². The fraction of sp³-hybridized carbons (Fsp3) is 0.286. The number of nitrogens with zero attached hydrogens (tertiary/aromatic N) is 1. The molecule has 0 bridgehead atoms. The maximum atomic E-state index is 5.72. The molecule has 1 heterocycles. The van der Waals surface area contributed by atoms with Crippen LogP contribution in [0.15, 0.2) is 40.2 Å². The number of hydrogen-bond donors (Lipinski definition) is 1. The number of hydrogen-bond acceptors (Lipinski definition) is 3. The Morgan fingerprint density at radius 1 is 1.33 bits per heavy atom. The molecule has 0 aliphatic carbocycles. The van der Waals surface area contributed by atoms with Gasteiger partial charge in [0.25, 0.3) is 0 Å². The van der Waals surface area contributed by atoms with Crippen molar-refractivity contribution >= 4 is 27.3 Å². The van der Waals surface area contributed by atoms with Crippen LogP contribution in [0.25, 0.3) is 0 Å². The summed E-state index contributed by atoms with van der Waals surface area (Å²) in [7, 11) is 4.21. The lowest BCUT2D eigenvalue weighted by molar-refractivity contribution is 0.346. The van der Waals surface area contributed by atoms with Gasteiger partial charge in [-0.25, -0.2) is 0 Å². The second-order valence-corrected chi connectivity index (χ2v) is 6.34. The first-order valence-electron chi connectivity index (χ1n) is 5.81. The van der Waals surface area contributed by atoms with Gasteiger partial charge >= 0.3 is 0 Å². The molecule has 2 aromatic rings. The Morgan fingerprint density at radius 3 is 2.67 bits per heavy atom. The van der Waals surface area contributed by atoms with Crippen LogP contribution in [0, 0.1) is 0 Å². The molecule has 2 N–H and O–H groups in total. The van der Waals surface area contributed by atoms with Crippen LogP contribution in [-0.2, 0) is 6.54 Å². The molecule has 0 amide bonds. The highest BCUT2D eigenvalue weighted by Crippen LogP contribution is 2.33. The topological polar surface area (TPSA) is 29.3 Å². The van der Waals surface area contributed by atoms with Crippen molar-refractivity contribution in [2.24, 2.45) is 5.73 Å². The summed E-state index contributed by atoms with van der Waals surface area (Å²) >= 11 is 5.30. The summed E-state index contributed by atoms with van der Waals surface area (Å²) in [5.74, 6) is 0. The molecule has 0 spiro atoms. The Balaban J connectivity index is 2.41. The number of halogens is 1. The van der Waals surface area contributed by atoms with E-state index in [1.807, 2.05) is 0 Å². The van der Waals surface area contributed by atoms with Crippen molar-refractivity contribution in [1.29, 1.82) is 0 Å². The third-order valence-corrected chi connectivity index (χ3v) is 4.62. The van der Waals surface area contributed by atoms with Gasteiger partial charge in [-0.2, -0.15) is 0 Å². The molecule has 18 heavy (non-hydrogen) atoms. The third kappa shape index (κ3) is 3.01. The van der Waals surface area contributed by atoms with E-state index in [1.165, 1.54) is 16.0 Å². The summed E-state index contributed by atoms with van der Waals surface area (Å²) in [5.41, 5.74) is 8.18. The van der Waals surface area contributed by atoms with Gasteiger partial charge < -0.3 is 5.73 Å². The molecule has 4 heteroatoms. The SMILES string of the molecule is CN(C)C(c1cccc(CN)c1)c1cc(Br)cs1. The molecule has 2 rings (SSSR count). The van der Waals surface area contributed by atoms with Crippen LogP contribution in [0.4, 0.5) is 0 Å². The molecular formula is C14H17BrN2S. The number of benzene rings is 1. The van der Waals surface area contributed by atoms with E-state index in [4.69, 9.17) is 5.73 Å². The first-order chi connectivity index (χ1) is 8.61. The number of nitrogens with two attached hydrogens (primary N) is 1. The van der Waals surface area contributed by atoms with E-state index in [0.29, 0.717) is 6.54 Å². The zero-order valence-corrected chi connectivity index (χ0v) is 13.0. The molecule has 0 aliphatic heterocycles. The van der Waals surface area contributed by atoms with Crippen LogP contribution in [0.5, 0.6) is 0 Å². The van der Waals surface area contributed by atoms with Gasteiger partial charge in [0.15, 0.2) is 0 Å². The molecule has 1 aromatic heterocycles. The fourth-order valence-electron chi connectivity index (χ4n) is 2.08. The quantitative estimate of drug-likeness (QED) is 0.930. The van der Waals surface area contributed by atoms with E-state index in [1.54, 1.807) is 11.3 Å². The number of thiophene rings is 1. The molecule has 0 fully saturated rings. The predicted octanol–water partition coefficient (Wildman–Crippen LogP) is 3.62. The van der Waals surface area contributed by atoms with Gasteiger partial charge in [0.2, 0.25) is 0 Å². The molecule has 1 aromatic carbocycles. The van der Waals surface area contributed by atoms with E-state index < -0.39 is 0 Å². The smallest absolute Gasteiger partial charge is 0.0691 e. The van der Waals surface area contributed by atoms with Crippen LogP contribution in [0.1, 0.15) is 22.0 Å². The summed E-state index contributed by atoms with van der Waals surface area (Å²) in [6.45, 7) is 0.585. The molecule has 0 aliphatic rings. The highest BCUT2D eigenvalue weighted by Gasteiger charge is 2.18. The van der Waals surface area contributed by atoms with Gasteiger partial charge in [-0.1, -0.05) is 24.3 Å². The van der Waals surface area contributed by atoms with Gasteiger partial charge in [0, 0.05) is 21.3 Å². The Kier molecular flexibility index (Phi) is 4.56. The Morgan fingerprint density at radius 2 is 2.11 bits per heavy atom. The highest BCUT2D eigenvalue weighted by molar-refractivity contribution is 9.10. The summed E-state index contributed by atoms with van der Waals surface area (Å²) in [4.78, 5) is 3.56. The van der Waals surface area contributed by atoms with Gasteiger partial charge in [-0.15, -0.1) is 11.3 Å². The van der Waals surface area contributed by atoms with E-state index in [-0.39, 0.29) is 6.04 Å². The first kappa shape index (κ1) is 13.7. The average molecular weight is 325 g/mol. The standard InChI is InChI=1S/C14H17BrN2S/c1-17(2)14(13-7-12(15)9-18-13)11-5-3-4-10(6-11)8-16/h3-7,9,14H,8,16H2,1-2H3. The first-order valence-corrected chi connectivity index (χ1v) is 7.48. The van der Waals surface area contributed by atoms with Crippen LogP contribution in [0.2, 0.25) is 0 Å². The molecule has 2 nitrogen and oxygen atoms in total. The van der Waals surface area contributed by atoms with Gasteiger partial charge in [0.05, 0.1) is 6.04 Å². The van der Waals surface area contributed by atoms with E-state index >= 15 is 0 Å². The van der Waals surface area contributed by atoms with Gasteiger partial charge in [0.1, 0.15) is 0 Å². The lowest BCUT2D eigenvalue weighted by atomic mass is 10.0. The normalized spacial score (nSPS) is 12.9. The second kappa shape index (κ2) is 5.97. The number of rotatable bonds is 4. The average Bonchev–Trinajstić information content (AvgIpc) is 2.75. The van der Waals surface area contributed by atoms with Crippen molar-refractivity contribution < 1.29 is 0 Å². The Hall–Kier alpha value is -0.680. The second-order valence-electron chi connectivity index (χ2n) is 4.48. The molecule has 1 atom stereocenters. The minimum atomic E-state index is 0.285. The van der Waals surface area contributed by atoms with Crippen molar-refractivity contribution in [3.63, 3.8) is 0 Å². The highest BCUT2D eigenvalue weighted by atomic mass is 79.9. The summed E-state index contributed by atoms with van der Waals surface area (Å²) in [6.07, 6.45) is 0. The third-order valence-electron chi connectivity index (χ3n) is 2.88.